The van der Waals surface area contributed by atoms with Crippen LogP contribution in [0.15, 0.2) is 42.5 Å². The molecule has 0 aliphatic rings. The van der Waals surface area contributed by atoms with E-state index in [9.17, 15) is 4.79 Å². The van der Waals surface area contributed by atoms with E-state index in [1.807, 2.05) is 57.2 Å². The minimum absolute atomic E-state index is 0.217. The molecule has 0 atom stereocenters. The zero-order valence-corrected chi connectivity index (χ0v) is 14.3. The Balaban J connectivity index is 1.97. The van der Waals surface area contributed by atoms with Crippen LogP contribution in [0.2, 0.25) is 0 Å². The van der Waals surface area contributed by atoms with Crippen molar-refractivity contribution in [2.75, 3.05) is 11.9 Å². The Morgan fingerprint density at radius 2 is 1.83 bits per heavy atom. The molecule has 0 fully saturated rings. The smallest absolute Gasteiger partial charge is 0.257 e. The molecule has 0 aromatic heterocycles. The van der Waals surface area contributed by atoms with E-state index in [1.165, 1.54) is 0 Å². The molecule has 1 amide bonds. The summed E-state index contributed by atoms with van der Waals surface area (Å²) in [6, 6.07) is 13.1. The van der Waals surface area contributed by atoms with Crippen LogP contribution in [-0.2, 0) is 0 Å². The van der Waals surface area contributed by atoms with E-state index in [0.29, 0.717) is 12.2 Å². The van der Waals surface area contributed by atoms with E-state index in [4.69, 9.17) is 17.0 Å². The maximum absolute atomic E-state index is 12.3. The molecule has 2 rings (SSSR count). The van der Waals surface area contributed by atoms with Crippen LogP contribution in [0, 0.1) is 13.8 Å². The Kier molecular flexibility index (Phi) is 5.71. The highest BCUT2D eigenvalue weighted by atomic mass is 32.1. The first kappa shape index (κ1) is 17.0. The fourth-order valence-corrected chi connectivity index (χ4v) is 2.41. The van der Waals surface area contributed by atoms with Crippen molar-refractivity contribution in [3.63, 3.8) is 0 Å². The molecule has 0 aliphatic carbocycles. The molecule has 2 aromatic carbocycles. The van der Waals surface area contributed by atoms with Gasteiger partial charge in [0.1, 0.15) is 5.75 Å². The summed E-state index contributed by atoms with van der Waals surface area (Å²) in [4.78, 5) is 12.3. The van der Waals surface area contributed by atoms with Crippen molar-refractivity contribution in [3.8, 4) is 5.75 Å². The summed E-state index contributed by atoms with van der Waals surface area (Å²) in [5.41, 5.74) is 3.45. The SMILES string of the molecule is CCOc1ccc(NC(=S)NC(=O)c2ccc(C)cc2C)cc1. The van der Waals surface area contributed by atoms with Crippen molar-refractivity contribution in [2.45, 2.75) is 20.8 Å². The molecule has 0 bridgehead atoms. The third-order valence-electron chi connectivity index (χ3n) is 3.28. The number of hydrogen-bond acceptors (Lipinski definition) is 3. The zero-order chi connectivity index (χ0) is 16.8. The minimum atomic E-state index is -0.217. The van der Waals surface area contributed by atoms with Gasteiger partial charge in [-0.1, -0.05) is 17.7 Å². The summed E-state index contributed by atoms with van der Waals surface area (Å²) in [5, 5.41) is 5.94. The van der Waals surface area contributed by atoms with Crippen LogP contribution >= 0.6 is 12.2 Å². The average Bonchev–Trinajstić information content (AvgIpc) is 2.49. The Morgan fingerprint density at radius 1 is 1.13 bits per heavy atom. The molecule has 0 radical (unpaired) electrons. The second-order valence-electron chi connectivity index (χ2n) is 5.18. The van der Waals surface area contributed by atoms with Crippen molar-refractivity contribution in [1.82, 2.24) is 5.32 Å². The van der Waals surface area contributed by atoms with Gasteiger partial charge in [-0.3, -0.25) is 10.1 Å². The number of benzene rings is 2. The van der Waals surface area contributed by atoms with E-state index in [-0.39, 0.29) is 11.0 Å². The number of rotatable bonds is 4. The van der Waals surface area contributed by atoms with Gasteiger partial charge in [0, 0.05) is 11.3 Å². The number of hydrogen-bond donors (Lipinski definition) is 2. The molecule has 0 unspecified atom stereocenters. The molecule has 5 heteroatoms. The number of amides is 1. The van der Waals surface area contributed by atoms with Gasteiger partial charge in [0.2, 0.25) is 0 Å². The Morgan fingerprint density at radius 3 is 2.43 bits per heavy atom. The van der Waals surface area contributed by atoms with Gasteiger partial charge in [-0.15, -0.1) is 0 Å². The van der Waals surface area contributed by atoms with Crippen LogP contribution in [0.1, 0.15) is 28.4 Å². The molecular formula is C18H20N2O2S. The fraction of sp³-hybridized carbons (Fsp3) is 0.222. The number of nitrogens with one attached hydrogen (secondary N) is 2. The Labute approximate surface area is 141 Å². The highest BCUT2D eigenvalue weighted by Gasteiger charge is 2.10. The number of thiocarbonyl (C=S) groups is 1. The first-order chi connectivity index (χ1) is 11.0. The van der Waals surface area contributed by atoms with E-state index in [2.05, 4.69) is 10.6 Å². The molecule has 2 N–H and O–H groups in total. The van der Waals surface area contributed by atoms with Crippen LogP contribution in [0.25, 0.3) is 0 Å². The lowest BCUT2D eigenvalue weighted by molar-refractivity contribution is 0.0977. The maximum atomic E-state index is 12.3. The van der Waals surface area contributed by atoms with Crippen LogP contribution in [-0.4, -0.2) is 17.6 Å². The van der Waals surface area contributed by atoms with E-state index in [0.717, 1.165) is 22.6 Å². The van der Waals surface area contributed by atoms with Gasteiger partial charge in [0.15, 0.2) is 5.11 Å². The van der Waals surface area contributed by atoms with Crippen molar-refractivity contribution < 1.29 is 9.53 Å². The lowest BCUT2D eigenvalue weighted by Crippen LogP contribution is -2.34. The van der Waals surface area contributed by atoms with Crippen LogP contribution in [0.3, 0.4) is 0 Å². The summed E-state index contributed by atoms with van der Waals surface area (Å²) in [5.74, 6) is 0.578. The van der Waals surface area contributed by atoms with Gasteiger partial charge < -0.3 is 10.1 Å². The quantitative estimate of drug-likeness (QED) is 0.838. The summed E-state index contributed by atoms with van der Waals surface area (Å²) < 4.78 is 5.38. The molecule has 2 aromatic rings. The third-order valence-corrected chi connectivity index (χ3v) is 3.48. The molecule has 23 heavy (non-hydrogen) atoms. The molecule has 0 heterocycles. The summed E-state index contributed by atoms with van der Waals surface area (Å²) in [6.07, 6.45) is 0. The second-order valence-corrected chi connectivity index (χ2v) is 5.59. The number of carbonyl (C=O) groups excluding carboxylic acids is 1. The normalized spacial score (nSPS) is 10.0. The molecule has 0 spiro atoms. The monoisotopic (exact) mass is 328 g/mol. The number of anilines is 1. The van der Waals surface area contributed by atoms with Gasteiger partial charge in [-0.25, -0.2) is 0 Å². The molecular weight excluding hydrogens is 308 g/mol. The van der Waals surface area contributed by atoms with Gasteiger partial charge in [0.05, 0.1) is 6.61 Å². The first-order valence-electron chi connectivity index (χ1n) is 7.42. The Hall–Kier alpha value is -2.40. The van der Waals surface area contributed by atoms with Gasteiger partial charge in [-0.2, -0.15) is 0 Å². The van der Waals surface area contributed by atoms with Crippen LogP contribution in [0.4, 0.5) is 5.69 Å². The van der Waals surface area contributed by atoms with Gasteiger partial charge in [0.25, 0.3) is 5.91 Å². The third kappa shape index (κ3) is 4.79. The lowest BCUT2D eigenvalue weighted by atomic mass is 10.1. The number of ether oxygens (including phenoxy) is 1. The van der Waals surface area contributed by atoms with E-state index >= 15 is 0 Å². The lowest BCUT2D eigenvalue weighted by Gasteiger charge is -2.11. The van der Waals surface area contributed by atoms with Crippen molar-refractivity contribution in [2.24, 2.45) is 0 Å². The standard InChI is InChI=1S/C18H20N2O2S/c1-4-22-15-8-6-14(7-9-15)19-18(23)20-17(21)16-10-5-12(2)11-13(16)3/h5-11H,4H2,1-3H3,(H2,19,20,21,23). The van der Waals surface area contributed by atoms with Crippen molar-refractivity contribution in [3.05, 3.63) is 59.2 Å². The highest BCUT2D eigenvalue weighted by Crippen LogP contribution is 2.15. The second kappa shape index (κ2) is 7.74. The van der Waals surface area contributed by atoms with Crippen LogP contribution < -0.4 is 15.4 Å². The Bertz CT molecular complexity index is 711. The molecule has 4 nitrogen and oxygen atoms in total. The predicted octanol–water partition coefficient (Wildman–Crippen LogP) is 3.83. The largest absolute Gasteiger partial charge is 0.494 e. The molecule has 0 saturated carbocycles. The summed E-state index contributed by atoms with van der Waals surface area (Å²) >= 11 is 5.19. The predicted molar refractivity (Wildman–Crippen MR) is 97.2 cm³/mol. The minimum Gasteiger partial charge on any atom is -0.494 e. The number of carbonyl (C=O) groups is 1. The van der Waals surface area contributed by atoms with Crippen molar-refractivity contribution in [1.29, 1.82) is 0 Å². The van der Waals surface area contributed by atoms with Gasteiger partial charge in [-0.05, 0) is 68.9 Å². The van der Waals surface area contributed by atoms with E-state index < -0.39 is 0 Å². The van der Waals surface area contributed by atoms with Crippen LogP contribution in [0.5, 0.6) is 5.75 Å². The van der Waals surface area contributed by atoms with E-state index in [1.54, 1.807) is 6.07 Å². The molecule has 0 aliphatic heterocycles. The fourth-order valence-electron chi connectivity index (χ4n) is 2.20. The molecule has 0 saturated heterocycles. The number of aryl methyl sites for hydroxylation is 2. The highest BCUT2D eigenvalue weighted by molar-refractivity contribution is 7.80. The van der Waals surface area contributed by atoms with Gasteiger partial charge >= 0.3 is 0 Å². The summed E-state index contributed by atoms with van der Waals surface area (Å²) in [6.45, 7) is 6.46. The topological polar surface area (TPSA) is 50.4 Å². The van der Waals surface area contributed by atoms with Crippen molar-refractivity contribution >= 4 is 28.9 Å². The zero-order valence-electron chi connectivity index (χ0n) is 13.5. The summed E-state index contributed by atoms with van der Waals surface area (Å²) in [7, 11) is 0. The average molecular weight is 328 g/mol. The first-order valence-corrected chi connectivity index (χ1v) is 7.83. The maximum Gasteiger partial charge on any atom is 0.257 e. The molecule has 120 valence electrons.